The van der Waals surface area contributed by atoms with Crippen molar-refractivity contribution in [2.24, 2.45) is 5.92 Å². The van der Waals surface area contributed by atoms with E-state index in [2.05, 4.69) is 45.1 Å². The molecule has 0 bridgehead atoms. The Balaban J connectivity index is 1.60. The summed E-state index contributed by atoms with van der Waals surface area (Å²) in [5, 5.41) is 13.1. The molecule has 2 aromatic heterocycles. The third-order valence-electron chi connectivity index (χ3n) is 6.21. The molecule has 0 saturated carbocycles. The first-order valence-electron chi connectivity index (χ1n) is 11.3. The van der Waals surface area contributed by atoms with Crippen molar-refractivity contribution in [2.75, 3.05) is 25.0 Å². The van der Waals surface area contributed by atoms with E-state index in [0.717, 1.165) is 41.2 Å². The van der Waals surface area contributed by atoms with Crippen LogP contribution >= 0.6 is 11.8 Å². The van der Waals surface area contributed by atoms with Gasteiger partial charge in [0.2, 0.25) is 11.8 Å². The van der Waals surface area contributed by atoms with E-state index in [0.29, 0.717) is 24.1 Å². The van der Waals surface area contributed by atoms with E-state index in [1.807, 2.05) is 13.0 Å². The summed E-state index contributed by atoms with van der Waals surface area (Å²) in [6.07, 6.45) is 4.23. The molecule has 4 N–H and O–H groups in total. The Kier molecular flexibility index (Phi) is 5.65. The maximum absolute atomic E-state index is 14.0. The Hall–Kier alpha value is -2.85. The van der Waals surface area contributed by atoms with E-state index in [-0.39, 0.29) is 18.0 Å². The predicted molar refractivity (Wildman–Crippen MR) is 125 cm³/mol. The number of nitrogens with one attached hydrogen (secondary N) is 4. The number of anilines is 1. The van der Waals surface area contributed by atoms with Crippen LogP contribution in [0.15, 0.2) is 29.6 Å². The Morgan fingerprint density at radius 3 is 2.97 bits per heavy atom. The molecular weight excluding hydrogens is 440 g/mol. The van der Waals surface area contributed by atoms with Crippen molar-refractivity contribution in [3.05, 3.63) is 41.2 Å². The largest absolute Gasteiger partial charge is 0.477 e. The SMILES string of the molecule is Cc1cc(OCC(C)C)ncc1C1(C(=O)NC2CCNC2)Sc2nccc3c2C1NC(=O)N3. The van der Waals surface area contributed by atoms with Gasteiger partial charge < -0.3 is 26.0 Å². The van der Waals surface area contributed by atoms with E-state index >= 15 is 0 Å². The summed E-state index contributed by atoms with van der Waals surface area (Å²) in [5.41, 5.74) is 3.13. The van der Waals surface area contributed by atoms with E-state index in [1.54, 1.807) is 18.5 Å². The normalized spacial score (nSPS) is 25.4. The van der Waals surface area contributed by atoms with Crippen molar-refractivity contribution in [1.82, 2.24) is 25.9 Å². The van der Waals surface area contributed by atoms with Crippen molar-refractivity contribution in [1.29, 1.82) is 0 Å². The molecule has 174 valence electrons. The smallest absolute Gasteiger partial charge is 0.319 e. The Morgan fingerprint density at radius 2 is 2.24 bits per heavy atom. The number of ether oxygens (including phenoxy) is 1. The minimum absolute atomic E-state index is 0.0328. The molecule has 10 heteroatoms. The molecule has 2 aromatic rings. The standard InChI is InChI=1S/C23H28N6O3S/c1-12(2)11-32-17-8-13(3)15(10-26-17)23(21(30)27-14-4-6-24-9-14)19-18-16(28-22(31)29-19)5-7-25-20(18)33-23/h5,7-8,10,12,14,19,24H,4,6,9,11H2,1-3H3,(H,27,30)(H2,28,29,31). The van der Waals surface area contributed by atoms with Crippen LogP contribution in [0.25, 0.3) is 0 Å². The van der Waals surface area contributed by atoms with Crippen molar-refractivity contribution in [2.45, 2.75) is 49.0 Å². The van der Waals surface area contributed by atoms with Gasteiger partial charge in [-0.15, -0.1) is 0 Å². The highest BCUT2D eigenvalue weighted by Gasteiger charge is 2.58. The zero-order valence-corrected chi connectivity index (χ0v) is 19.7. The topological polar surface area (TPSA) is 117 Å². The minimum atomic E-state index is -1.14. The van der Waals surface area contributed by atoms with Gasteiger partial charge in [-0.3, -0.25) is 4.79 Å². The van der Waals surface area contributed by atoms with Gasteiger partial charge in [0.15, 0.2) is 4.75 Å². The van der Waals surface area contributed by atoms with E-state index in [9.17, 15) is 9.59 Å². The summed E-state index contributed by atoms with van der Waals surface area (Å²) in [4.78, 5) is 35.7. The van der Waals surface area contributed by atoms with Crippen LogP contribution in [0.4, 0.5) is 10.5 Å². The van der Waals surface area contributed by atoms with Gasteiger partial charge in [0.05, 0.1) is 18.3 Å². The Morgan fingerprint density at radius 1 is 1.39 bits per heavy atom. The fourth-order valence-corrected chi connectivity index (χ4v) is 6.16. The summed E-state index contributed by atoms with van der Waals surface area (Å²) in [6.45, 7) is 8.25. The second kappa shape index (κ2) is 8.49. The number of carbonyl (C=O) groups is 2. The molecule has 33 heavy (non-hydrogen) atoms. The second-order valence-electron chi connectivity index (χ2n) is 9.15. The Labute approximate surface area is 196 Å². The number of pyridine rings is 2. The van der Waals surface area contributed by atoms with Crippen LogP contribution in [0, 0.1) is 12.8 Å². The number of urea groups is 1. The molecule has 0 radical (unpaired) electrons. The predicted octanol–water partition coefficient (Wildman–Crippen LogP) is 2.48. The first kappa shape index (κ1) is 22.0. The first-order chi connectivity index (χ1) is 15.9. The fraction of sp³-hybridized carbons (Fsp3) is 0.478. The van der Waals surface area contributed by atoms with Gasteiger partial charge in [0, 0.05) is 42.2 Å². The molecular formula is C23H28N6O3S. The van der Waals surface area contributed by atoms with Gasteiger partial charge in [-0.05, 0) is 37.4 Å². The number of nitrogens with zero attached hydrogens (tertiary/aromatic N) is 2. The molecule has 3 unspecified atom stereocenters. The maximum atomic E-state index is 14.0. The van der Waals surface area contributed by atoms with Crippen LogP contribution in [0.2, 0.25) is 0 Å². The van der Waals surface area contributed by atoms with Gasteiger partial charge in [-0.1, -0.05) is 25.6 Å². The number of aromatic nitrogens is 2. The molecule has 3 aliphatic rings. The van der Waals surface area contributed by atoms with Gasteiger partial charge in [0.25, 0.3) is 0 Å². The summed E-state index contributed by atoms with van der Waals surface area (Å²) in [6, 6.07) is 2.76. The summed E-state index contributed by atoms with van der Waals surface area (Å²) in [5.74, 6) is 0.741. The van der Waals surface area contributed by atoms with Gasteiger partial charge >= 0.3 is 6.03 Å². The average Bonchev–Trinajstić information content (AvgIpc) is 3.40. The van der Waals surface area contributed by atoms with Gasteiger partial charge in [-0.2, -0.15) is 0 Å². The van der Waals surface area contributed by atoms with Crippen LogP contribution in [-0.4, -0.2) is 47.6 Å². The zero-order valence-electron chi connectivity index (χ0n) is 18.9. The van der Waals surface area contributed by atoms with Crippen LogP contribution in [-0.2, 0) is 9.54 Å². The zero-order chi connectivity index (χ0) is 23.2. The number of hydrogen-bond acceptors (Lipinski definition) is 7. The molecule has 1 saturated heterocycles. The molecule has 0 spiro atoms. The lowest BCUT2D eigenvalue weighted by Crippen LogP contribution is -2.54. The summed E-state index contributed by atoms with van der Waals surface area (Å²) in [7, 11) is 0. The minimum Gasteiger partial charge on any atom is -0.477 e. The maximum Gasteiger partial charge on any atom is 0.319 e. The molecule has 3 aliphatic heterocycles. The van der Waals surface area contributed by atoms with Crippen molar-refractivity contribution >= 4 is 29.4 Å². The average molecular weight is 469 g/mol. The van der Waals surface area contributed by atoms with Crippen molar-refractivity contribution in [3.63, 3.8) is 0 Å². The van der Waals surface area contributed by atoms with Crippen LogP contribution in [0.1, 0.15) is 43.0 Å². The number of thioether (sulfide) groups is 1. The molecule has 0 aromatic carbocycles. The molecule has 1 fully saturated rings. The summed E-state index contributed by atoms with van der Waals surface area (Å²) >= 11 is 1.38. The molecule has 0 aliphatic carbocycles. The number of amides is 3. The second-order valence-corrected chi connectivity index (χ2v) is 10.4. The van der Waals surface area contributed by atoms with Crippen molar-refractivity contribution < 1.29 is 14.3 Å². The summed E-state index contributed by atoms with van der Waals surface area (Å²) < 4.78 is 4.67. The van der Waals surface area contributed by atoms with Crippen molar-refractivity contribution in [3.8, 4) is 5.88 Å². The lowest BCUT2D eigenvalue weighted by molar-refractivity contribution is -0.125. The third kappa shape index (κ3) is 3.80. The monoisotopic (exact) mass is 468 g/mol. The lowest BCUT2D eigenvalue weighted by Gasteiger charge is -2.37. The third-order valence-corrected chi connectivity index (χ3v) is 7.69. The van der Waals surface area contributed by atoms with Gasteiger partial charge in [0.1, 0.15) is 5.03 Å². The fourth-order valence-electron chi connectivity index (χ4n) is 4.63. The van der Waals surface area contributed by atoms with Crippen LogP contribution in [0.3, 0.4) is 0 Å². The van der Waals surface area contributed by atoms with Crippen LogP contribution < -0.4 is 26.0 Å². The molecule has 3 amide bonds. The molecule has 3 atom stereocenters. The van der Waals surface area contributed by atoms with E-state index in [4.69, 9.17) is 4.74 Å². The highest BCUT2D eigenvalue weighted by atomic mass is 32.2. The number of hydrogen-bond donors (Lipinski definition) is 4. The number of rotatable bonds is 6. The van der Waals surface area contributed by atoms with E-state index < -0.39 is 10.8 Å². The number of carbonyl (C=O) groups excluding carboxylic acids is 2. The molecule has 5 rings (SSSR count). The van der Waals surface area contributed by atoms with E-state index in [1.165, 1.54) is 11.8 Å². The highest BCUT2D eigenvalue weighted by Crippen LogP contribution is 2.60. The number of aryl methyl sites for hydroxylation is 1. The first-order valence-corrected chi connectivity index (χ1v) is 12.1. The molecule has 9 nitrogen and oxygen atoms in total. The highest BCUT2D eigenvalue weighted by molar-refractivity contribution is 8.01. The molecule has 5 heterocycles. The van der Waals surface area contributed by atoms with Crippen LogP contribution in [0.5, 0.6) is 5.88 Å². The Bertz CT molecular complexity index is 1100. The lowest BCUT2D eigenvalue weighted by atomic mass is 9.83. The quantitative estimate of drug-likeness (QED) is 0.515. The van der Waals surface area contributed by atoms with Gasteiger partial charge in [-0.25, -0.2) is 14.8 Å².